The molecule has 0 saturated carbocycles. The molecule has 0 aromatic rings. The number of aliphatic hydroxyl groups excluding tert-OH is 4. The molecule has 1 aliphatic rings. The van der Waals surface area contributed by atoms with E-state index in [4.69, 9.17) is 9.47 Å². The number of carbonyl (C=O) groups is 1. The van der Waals surface area contributed by atoms with Crippen LogP contribution in [0, 0.1) is 0 Å². The van der Waals surface area contributed by atoms with E-state index in [0.29, 0.717) is 12.8 Å². The number of hydrogen-bond donors (Lipinski definition) is 6. The van der Waals surface area contributed by atoms with Crippen LogP contribution in [0.4, 0.5) is 0 Å². The second kappa shape index (κ2) is 48.7. The van der Waals surface area contributed by atoms with Crippen molar-refractivity contribution in [2.45, 2.75) is 352 Å². The second-order valence-electron chi connectivity index (χ2n) is 21.7. The Kier molecular flexibility index (Phi) is 46.7. The molecule has 1 aliphatic heterocycles. The monoisotopic (exact) mass is 1030 g/mol. The van der Waals surface area contributed by atoms with Gasteiger partial charge in [0.1, 0.15) is 24.4 Å². The molecule has 6 N–H and O–H groups in total. The smallest absolute Gasteiger partial charge is 0.394 e. The second-order valence-corrected chi connectivity index (χ2v) is 22.7. The molecule has 1 fully saturated rings. The Labute approximate surface area is 437 Å². The topological polar surface area (TPSA) is 192 Å². The Morgan fingerprint density at radius 1 is 0.507 bits per heavy atom. The van der Waals surface area contributed by atoms with E-state index in [2.05, 4.69) is 23.3 Å². The molecule has 1 saturated heterocycles. The molecule has 0 aromatic carbocycles. The summed E-state index contributed by atoms with van der Waals surface area (Å²) in [5.74, 6) is -0.222. The fourth-order valence-electron chi connectivity index (χ4n) is 10.2. The van der Waals surface area contributed by atoms with Crippen molar-refractivity contribution in [1.29, 1.82) is 0 Å². The number of hydrogen-bond acceptors (Lipinski definition) is 10. The predicted molar refractivity (Wildman–Crippen MR) is 292 cm³/mol. The maximum Gasteiger partial charge on any atom is 0.397 e. The zero-order valence-electron chi connectivity index (χ0n) is 46.1. The van der Waals surface area contributed by atoms with Gasteiger partial charge >= 0.3 is 10.4 Å². The molecular weight excluding hydrogens is 919 g/mol. The van der Waals surface area contributed by atoms with Gasteiger partial charge in [-0.15, -0.1) is 0 Å². The average Bonchev–Trinajstić information content (AvgIpc) is 3.34. The Morgan fingerprint density at radius 2 is 0.817 bits per heavy atom. The third-order valence-corrected chi connectivity index (χ3v) is 15.4. The SMILES string of the molecule is CCCCCCCCCCCCCCCCCCCCCCCCCCCCCCCC(=O)NC(COC1OC(CO)C(O)C(OS(=O)(=O)O)C1O)C(O)CCCCCCCCCCCCCCCCC. The highest BCUT2D eigenvalue weighted by Crippen LogP contribution is 2.26. The molecule has 0 spiro atoms. The van der Waals surface area contributed by atoms with E-state index in [1.54, 1.807) is 0 Å². The van der Waals surface area contributed by atoms with Gasteiger partial charge < -0.3 is 35.2 Å². The fourth-order valence-corrected chi connectivity index (χ4v) is 10.7. The highest BCUT2D eigenvalue weighted by atomic mass is 32.3. The minimum absolute atomic E-state index is 0.222. The minimum atomic E-state index is -5.08. The molecule has 1 amide bonds. The van der Waals surface area contributed by atoms with Gasteiger partial charge in [-0.3, -0.25) is 9.35 Å². The first-order valence-corrected chi connectivity index (χ1v) is 31.8. The van der Waals surface area contributed by atoms with Gasteiger partial charge in [0.15, 0.2) is 6.29 Å². The van der Waals surface area contributed by atoms with Crippen molar-refractivity contribution in [2.75, 3.05) is 13.2 Å². The Morgan fingerprint density at radius 3 is 1.13 bits per heavy atom. The van der Waals surface area contributed by atoms with Crippen molar-refractivity contribution in [1.82, 2.24) is 5.32 Å². The minimum Gasteiger partial charge on any atom is -0.394 e. The summed E-state index contributed by atoms with van der Waals surface area (Å²) >= 11 is 0. The summed E-state index contributed by atoms with van der Waals surface area (Å²) in [6, 6.07) is -0.853. The van der Waals surface area contributed by atoms with Crippen LogP contribution in [0.1, 0.15) is 309 Å². The summed E-state index contributed by atoms with van der Waals surface area (Å²) in [5, 5.41) is 45.1. The molecule has 7 unspecified atom stereocenters. The van der Waals surface area contributed by atoms with Crippen LogP contribution in [0.2, 0.25) is 0 Å². The summed E-state index contributed by atoms with van der Waals surface area (Å²) in [4.78, 5) is 13.2. The van der Waals surface area contributed by atoms with Crippen LogP contribution in [-0.4, -0.2) is 95.4 Å². The molecule has 0 aromatic heterocycles. The van der Waals surface area contributed by atoms with Crippen molar-refractivity contribution >= 4 is 16.3 Å². The maximum absolute atomic E-state index is 13.2. The van der Waals surface area contributed by atoms with Crippen molar-refractivity contribution in [3.8, 4) is 0 Å². The lowest BCUT2D eigenvalue weighted by atomic mass is 9.99. The Hall–Kier alpha value is -0.900. The van der Waals surface area contributed by atoms with E-state index in [1.165, 1.54) is 231 Å². The first-order valence-electron chi connectivity index (χ1n) is 30.4. The summed E-state index contributed by atoms with van der Waals surface area (Å²) in [5.41, 5.74) is 0. The van der Waals surface area contributed by atoms with Gasteiger partial charge in [0, 0.05) is 6.42 Å². The van der Waals surface area contributed by atoms with Gasteiger partial charge in [-0.2, -0.15) is 8.42 Å². The van der Waals surface area contributed by atoms with E-state index in [1.807, 2.05) is 0 Å². The van der Waals surface area contributed by atoms with Gasteiger partial charge in [0.05, 0.1) is 25.4 Å². The van der Waals surface area contributed by atoms with Crippen LogP contribution in [0.25, 0.3) is 0 Å². The molecule has 0 aliphatic carbocycles. The van der Waals surface area contributed by atoms with E-state index < -0.39 is 59.9 Å². The number of amides is 1. The molecule has 7 atom stereocenters. The molecule has 12 nitrogen and oxygen atoms in total. The van der Waals surface area contributed by atoms with Crippen LogP contribution in [-0.2, 0) is 28.9 Å². The summed E-state index contributed by atoms with van der Waals surface area (Å²) in [7, 11) is -5.08. The predicted octanol–water partition coefficient (Wildman–Crippen LogP) is 14.5. The van der Waals surface area contributed by atoms with Crippen molar-refractivity contribution in [3.05, 3.63) is 0 Å². The number of ether oxygens (including phenoxy) is 2. The van der Waals surface area contributed by atoms with Crippen molar-refractivity contribution in [3.63, 3.8) is 0 Å². The molecule has 0 radical (unpaired) electrons. The number of aliphatic hydroxyl groups is 4. The molecule has 13 heteroatoms. The molecule has 1 heterocycles. The molecule has 424 valence electrons. The number of nitrogens with one attached hydrogen (secondary N) is 1. The van der Waals surface area contributed by atoms with E-state index in [9.17, 15) is 38.2 Å². The van der Waals surface area contributed by atoms with Crippen LogP contribution >= 0.6 is 0 Å². The fraction of sp³-hybridized carbons (Fsp3) is 0.983. The summed E-state index contributed by atoms with van der Waals surface area (Å²) in [6.07, 6.45) is 48.4. The highest BCUT2D eigenvalue weighted by Gasteiger charge is 2.48. The van der Waals surface area contributed by atoms with Crippen molar-refractivity contribution in [2.24, 2.45) is 0 Å². The number of carbonyl (C=O) groups excluding carboxylic acids is 1. The lowest BCUT2D eigenvalue weighted by Crippen LogP contribution is -2.61. The quantitative estimate of drug-likeness (QED) is 0.0251. The first-order chi connectivity index (χ1) is 34.5. The third-order valence-electron chi connectivity index (χ3n) is 14.9. The van der Waals surface area contributed by atoms with Gasteiger partial charge in [0.2, 0.25) is 5.91 Å². The lowest BCUT2D eigenvalue weighted by molar-refractivity contribution is -0.298. The Balaban J connectivity index is 2.25. The highest BCUT2D eigenvalue weighted by molar-refractivity contribution is 7.80. The van der Waals surface area contributed by atoms with Crippen LogP contribution in [0.15, 0.2) is 0 Å². The van der Waals surface area contributed by atoms with Gasteiger partial charge in [-0.25, -0.2) is 4.18 Å². The third kappa shape index (κ3) is 41.0. The van der Waals surface area contributed by atoms with Crippen molar-refractivity contribution < 1.29 is 51.8 Å². The van der Waals surface area contributed by atoms with Gasteiger partial charge in [0.25, 0.3) is 0 Å². The van der Waals surface area contributed by atoms with E-state index >= 15 is 0 Å². The number of rotatable bonds is 54. The molecule has 0 bridgehead atoms. The van der Waals surface area contributed by atoms with Gasteiger partial charge in [-0.05, 0) is 12.8 Å². The summed E-state index contributed by atoms with van der Waals surface area (Å²) in [6.45, 7) is 3.50. The van der Waals surface area contributed by atoms with Crippen LogP contribution < -0.4 is 5.32 Å². The Bertz CT molecular complexity index is 1260. The zero-order chi connectivity index (χ0) is 51.9. The average molecular weight is 1030 g/mol. The van der Waals surface area contributed by atoms with Gasteiger partial charge in [-0.1, -0.05) is 290 Å². The maximum atomic E-state index is 13.2. The molecule has 1 rings (SSSR count). The van der Waals surface area contributed by atoms with Crippen LogP contribution in [0.3, 0.4) is 0 Å². The van der Waals surface area contributed by atoms with Crippen LogP contribution in [0.5, 0.6) is 0 Å². The summed E-state index contributed by atoms with van der Waals surface area (Å²) < 4.78 is 47.9. The zero-order valence-corrected chi connectivity index (χ0v) is 46.9. The standard InChI is InChI=1S/C58H115NO11S/c1-3-5-7-9-11-13-15-17-19-20-21-22-23-24-25-26-27-28-29-30-31-32-34-36-38-40-42-44-46-48-54(62)59-51(50-68-58-56(64)57(70-71(65,66)67)55(63)53(49-60)69-58)52(61)47-45-43-41-39-37-35-33-18-16-14-12-10-8-6-4-2/h51-53,55-58,60-61,63-64H,3-50H2,1-2H3,(H,59,62)(H,65,66,67). The van der Waals surface area contributed by atoms with E-state index in [-0.39, 0.29) is 12.5 Å². The first kappa shape index (κ1) is 68.1. The normalized spacial score (nSPS) is 19.3. The lowest BCUT2D eigenvalue weighted by Gasteiger charge is -2.41. The molecule has 71 heavy (non-hydrogen) atoms. The number of unbranched alkanes of at least 4 members (excludes halogenated alkanes) is 42. The van der Waals surface area contributed by atoms with E-state index in [0.717, 1.165) is 51.4 Å². The largest absolute Gasteiger partial charge is 0.397 e. The molecular formula is C58H115NO11S.